The number of anilines is 1. The fourth-order valence-electron chi connectivity index (χ4n) is 3.40. The summed E-state index contributed by atoms with van der Waals surface area (Å²) in [5.41, 5.74) is 1.89. The van der Waals surface area contributed by atoms with Crippen LogP contribution in [-0.2, 0) is 17.7 Å². The number of thiophene rings is 1. The molecule has 0 radical (unpaired) electrons. The van der Waals surface area contributed by atoms with Crippen molar-refractivity contribution in [1.29, 1.82) is 0 Å². The summed E-state index contributed by atoms with van der Waals surface area (Å²) in [7, 11) is 4.42. The molecule has 0 spiro atoms. The zero-order valence-corrected chi connectivity index (χ0v) is 17.3. The van der Waals surface area contributed by atoms with E-state index in [0.29, 0.717) is 27.6 Å². The molecule has 2 aromatic rings. The standard InChI is InChI=1S/C20H24N2O5S/c1-5-22-9-8-13-16(11-22)28-19(17(13)20(24)27-4)21-18(23)12-6-7-14(25-2)15(10-12)26-3/h6-7,10H,5,8-9,11H2,1-4H3,(H,21,23)/p+1. The number of amides is 1. The predicted octanol–water partition coefficient (Wildman–Crippen LogP) is 1.77. The number of rotatable bonds is 6. The van der Waals surface area contributed by atoms with Crippen molar-refractivity contribution >= 4 is 28.2 Å². The fourth-order valence-corrected chi connectivity index (χ4v) is 4.70. The van der Waals surface area contributed by atoms with Crippen LogP contribution in [0, 0.1) is 0 Å². The summed E-state index contributed by atoms with van der Waals surface area (Å²) in [6.07, 6.45) is 0.797. The van der Waals surface area contributed by atoms with Gasteiger partial charge in [0.1, 0.15) is 11.5 Å². The highest BCUT2D eigenvalue weighted by molar-refractivity contribution is 7.17. The van der Waals surface area contributed by atoms with Gasteiger partial charge in [-0.2, -0.15) is 0 Å². The molecule has 1 unspecified atom stereocenters. The van der Waals surface area contributed by atoms with E-state index in [1.54, 1.807) is 18.2 Å². The van der Waals surface area contributed by atoms with Crippen LogP contribution >= 0.6 is 11.3 Å². The lowest BCUT2D eigenvalue weighted by atomic mass is 10.0. The Morgan fingerprint density at radius 1 is 1.18 bits per heavy atom. The molecular weight excluding hydrogens is 380 g/mol. The molecule has 0 saturated heterocycles. The molecule has 0 bridgehead atoms. The molecule has 1 amide bonds. The van der Waals surface area contributed by atoms with Gasteiger partial charge in [-0.25, -0.2) is 4.79 Å². The predicted molar refractivity (Wildman–Crippen MR) is 107 cm³/mol. The van der Waals surface area contributed by atoms with E-state index in [1.165, 1.54) is 37.6 Å². The van der Waals surface area contributed by atoms with E-state index in [0.717, 1.165) is 36.5 Å². The molecule has 1 aromatic carbocycles. The molecule has 28 heavy (non-hydrogen) atoms. The second-order valence-corrected chi connectivity index (χ2v) is 7.61. The molecule has 0 fully saturated rings. The van der Waals surface area contributed by atoms with Crippen molar-refractivity contribution in [1.82, 2.24) is 0 Å². The molecule has 1 atom stereocenters. The number of ether oxygens (including phenoxy) is 3. The van der Waals surface area contributed by atoms with Crippen LogP contribution in [0.15, 0.2) is 18.2 Å². The fraction of sp³-hybridized carbons (Fsp3) is 0.400. The van der Waals surface area contributed by atoms with Crippen LogP contribution < -0.4 is 19.7 Å². The van der Waals surface area contributed by atoms with Crippen LogP contribution in [0.4, 0.5) is 5.00 Å². The van der Waals surface area contributed by atoms with Gasteiger partial charge in [0.05, 0.1) is 44.9 Å². The Hall–Kier alpha value is -2.58. The number of carbonyl (C=O) groups excluding carboxylic acids is 2. The van der Waals surface area contributed by atoms with Crippen molar-refractivity contribution in [2.75, 3.05) is 39.7 Å². The van der Waals surface area contributed by atoms with E-state index < -0.39 is 5.97 Å². The summed E-state index contributed by atoms with van der Waals surface area (Å²) in [4.78, 5) is 27.8. The number of carbonyl (C=O) groups is 2. The van der Waals surface area contributed by atoms with Crippen molar-refractivity contribution in [3.63, 3.8) is 0 Å². The maximum Gasteiger partial charge on any atom is 0.341 e. The van der Waals surface area contributed by atoms with Crippen LogP contribution in [0.1, 0.15) is 38.1 Å². The number of esters is 1. The molecule has 8 heteroatoms. The van der Waals surface area contributed by atoms with Crippen molar-refractivity contribution in [2.24, 2.45) is 0 Å². The quantitative estimate of drug-likeness (QED) is 0.716. The highest BCUT2D eigenvalue weighted by Crippen LogP contribution is 2.36. The highest BCUT2D eigenvalue weighted by atomic mass is 32.1. The van der Waals surface area contributed by atoms with Gasteiger partial charge in [0.15, 0.2) is 11.5 Å². The maximum atomic E-state index is 12.8. The minimum Gasteiger partial charge on any atom is -0.493 e. The summed E-state index contributed by atoms with van der Waals surface area (Å²) >= 11 is 1.46. The Balaban J connectivity index is 1.92. The monoisotopic (exact) mass is 405 g/mol. The molecule has 2 heterocycles. The van der Waals surface area contributed by atoms with Crippen molar-refractivity contribution < 1.29 is 28.7 Å². The molecule has 2 N–H and O–H groups in total. The van der Waals surface area contributed by atoms with Crippen molar-refractivity contribution in [2.45, 2.75) is 19.9 Å². The number of fused-ring (bicyclic) bond motifs is 1. The van der Waals surface area contributed by atoms with Gasteiger partial charge in [-0.3, -0.25) is 4.79 Å². The number of hydrogen-bond donors (Lipinski definition) is 2. The second kappa shape index (κ2) is 8.62. The van der Waals surface area contributed by atoms with Gasteiger partial charge in [-0.1, -0.05) is 0 Å². The van der Waals surface area contributed by atoms with Crippen LogP contribution in [0.3, 0.4) is 0 Å². The first-order valence-electron chi connectivity index (χ1n) is 9.12. The lowest BCUT2D eigenvalue weighted by Gasteiger charge is -2.22. The largest absolute Gasteiger partial charge is 0.493 e. The van der Waals surface area contributed by atoms with Gasteiger partial charge in [-0.05, 0) is 30.7 Å². The van der Waals surface area contributed by atoms with E-state index in [2.05, 4.69) is 12.2 Å². The van der Waals surface area contributed by atoms with Gasteiger partial charge < -0.3 is 24.4 Å². The molecule has 1 aliphatic rings. The first-order chi connectivity index (χ1) is 13.5. The first-order valence-corrected chi connectivity index (χ1v) is 9.93. The number of nitrogens with one attached hydrogen (secondary N) is 2. The van der Waals surface area contributed by atoms with Gasteiger partial charge in [-0.15, -0.1) is 11.3 Å². The third-order valence-electron chi connectivity index (χ3n) is 4.99. The molecule has 0 saturated carbocycles. The zero-order valence-electron chi connectivity index (χ0n) is 16.5. The SMILES string of the molecule is CC[NH+]1CCc2c(sc(NC(=O)c3ccc(OC)c(OC)c3)c2C(=O)OC)C1. The topological polar surface area (TPSA) is 78.3 Å². The average Bonchev–Trinajstić information content (AvgIpc) is 3.09. The minimum absolute atomic E-state index is 0.315. The Bertz CT molecular complexity index is 893. The van der Waals surface area contributed by atoms with Crippen molar-refractivity contribution in [3.8, 4) is 11.5 Å². The lowest BCUT2D eigenvalue weighted by molar-refractivity contribution is -0.913. The summed E-state index contributed by atoms with van der Waals surface area (Å²) in [6, 6.07) is 4.95. The smallest absolute Gasteiger partial charge is 0.341 e. The molecule has 1 aromatic heterocycles. The Kier molecular flexibility index (Phi) is 6.21. The molecule has 7 nitrogen and oxygen atoms in total. The average molecular weight is 405 g/mol. The summed E-state index contributed by atoms with van der Waals surface area (Å²) in [5, 5.41) is 3.43. The van der Waals surface area contributed by atoms with E-state index in [4.69, 9.17) is 14.2 Å². The summed E-state index contributed by atoms with van der Waals surface area (Å²) < 4.78 is 15.5. The van der Waals surface area contributed by atoms with Gasteiger partial charge >= 0.3 is 5.97 Å². The van der Waals surface area contributed by atoms with E-state index in [-0.39, 0.29) is 5.91 Å². The van der Waals surface area contributed by atoms with Crippen LogP contribution in [-0.4, -0.2) is 46.3 Å². The van der Waals surface area contributed by atoms with Gasteiger partial charge in [0, 0.05) is 12.0 Å². The number of likely N-dealkylation sites (N-methyl/N-ethyl adjacent to an activating group) is 1. The lowest BCUT2D eigenvalue weighted by Crippen LogP contribution is -3.11. The highest BCUT2D eigenvalue weighted by Gasteiger charge is 2.30. The Morgan fingerprint density at radius 2 is 1.93 bits per heavy atom. The van der Waals surface area contributed by atoms with Crippen LogP contribution in [0.25, 0.3) is 0 Å². The summed E-state index contributed by atoms with van der Waals surface area (Å²) in [5.74, 6) is 0.281. The number of quaternary nitrogens is 1. The number of methoxy groups -OCH3 is 3. The van der Waals surface area contributed by atoms with Crippen LogP contribution in [0.5, 0.6) is 11.5 Å². The maximum absolute atomic E-state index is 12.8. The normalized spacial score (nSPS) is 15.5. The van der Waals surface area contributed by atoms with E-state index >= 15 is 0 Å². The van der Waals surface area contributed by atoms with Gasteiger partial charge in [0.2, 0.25) is 0 Å². The third-order valence-corrected chi connectivity index (χ3v) is 6.14. The van der Waals surface area contributed by atoms with Crippen LogP contribution in [0.2, 0.25) is 0 Å². The Labute approximate surface area is 168 Å². The minimum atomic E-state index is -0.417. The second-order valence-electron chi connectivity index (χ2n) is 6.50. The van der Waals surface area contributed by atoms with Crippen molar-refractivity contribution in [3.05, 3.63) is 39.8 Å². The van der Waals surface area contributed by atoms with Gasteiger partial charge in [0.25, 0.3) is 5.91 Å². The zero-order chi connectivity index (χ0) is 20.3. The molecule has 0 aliphatic carbocycles. The molecule has 3 rings (SSSR count). The molecule has 150 valence electrons. The Morgan fingerprint density at radius 3 is 2.57 bits per heavy atom. The molecule has 1 aliphatic heterocycles. The number of benzene rings is 1. The number of hydrogen-bond acceptors (Lipinski definition) is 6. The van der Waals surface area contributed by atoms with E-state index in [9.17, 15) is 9.59 Å². The molecular formula is C20H25N2O5S+. The first kappa shape index (κ1) is 20.2. The third kappa shape index (κ3) is 3.83. The summed E-state index contributed by atoms with van der Waals surface area (Å²) in [6.45, 7) is 4.99. The van der Waals surface area contributed by atoms with E-state index in [1.807, 2.05) is 0 Å².